The zero-order valence-corrected chi connectivity index (χ0v) is 12.7. The summed E-state index contributed by atoms with van der Waals surface area (Å²) < 4.78 is 6.38. The minimum absolute atomic E-state index is 0.286. The lowest BCUT2D eigenvalue weighted by molar-refractivity contribution is -0.150. The third-order valence-corrected chi connectivity index (χ3v) is 3.96. The number of carbonyl (C=O) groups excluding carboxylic acids is 1. The predicted octanol–water partition coefficient (Wildman–Crippen LogP) is 2.29. The van der Waals surface area contributed by atoms with Crippen LogP contribution in [0.5, 0.6) is 5.75 Å². The van der Waals surface area contributed by atoms with Gasteiger partial charge in [-0.25, -0.2) is 4.79 Å². The molecule has 1 heterocycles. The highest BCUT2D eigenvalue weighted by atomic mass is 79.9. The van der Waals surface area contributed by atoms with Gasteiger partial charge in [0, 0.05) is 6.54 Å². The summed E-state index contributed by atoms with van der Waals surface area (Å²) in [5, 5.41) is 9.11. The molecule has 1 N–H and O–H groups in total. The molecule has 5 nitrogen and oxygen atoms in total. The molecule has 1 fully saturated rings. The van der Waals surface area contributed by atoms with Gasteiger partial charge in [-0.15, -0.1) is 0 Å². The molecule has 1 unspecified atom stereocenters. The van der Waals surface area contributed by atoms with E-state index in [1.54, 1.807) is 13.0 Å². The summed E-state index contributed by atoms with van der Waals surface area (Å²) >= 11 is 3.35. The van der Waals surface area contributed by atoms with Gasteiger partial charge in [-0.2, -0.15) is 0 Å². The van der Waals surface area contributed by atoms with Crippen LogP contribution in [0, 0.1) is 0 Å². The lowest BCUT2D eigenvalue weighted by Crippen LogP contribution is -2.46. The van der Waals surface area contributed by atoms with Crippen LogP contribution in [0.4, 0.5) is 0 Å². The van der Waals surface area contributed by atoms with Gasteiger partial charge >= 0.3 is 5.97 Å². The van der Waals surface area contributed by atoms with E-state index in [1.807, 2.05) is 18.2 Å². The SMILES string of the molecule is CC(Oc1ccccc1Br)C(=O)N1CCC[C@@H]1C(=O)O. The van der Waals surface area contributed by atoms with Crippen molar-refractivity contribution in [3.05, 3.63) is 28.7 Å². The Morgan fingerprint density at radius 2 is 2.15 bits per heavy atom. The van der Waals surface area contributed by atoms with Gasteiger partial charge in [0.05, 0.1) is 4.47 Å². The Bertz CT molecular complexity index is 520. The van der Waals surface area contributed by atoms with Crippen molar-refractivity contribution < 1.29 is 19.4 Å². The number of rotatable bonds is 4. The third-order valence-electron chi connectivity index (χ3n) is 3.31. The summed E-state index contributed by atoms with van der Waals surface area (Å²) in [6.45, 7) is 2.11. The summed E-state index contributed by atoms with van der Waals surface area (Å²) in [5.74, 6) is -0.672. The van der Waals surface area contributed by atoms with Gasteiger partial charge in [0.15, 0.2) is 6.10 Å². The van der Waals surface area contributed by atoms with E-state index in [9.17, 15) is 9.59 Å². The highest BCUT2D eigenvalue weighted by Crippen LogP contribution is 2.26. The average Bonchev–Trinajstić information content (AvgIpc) is 2.89. The van der Waals surface area contributed by atoms with Gasteiger partial charge < -0.3 is 14.7 Å². The Morgan fingerprint density at radius 3 is 2.80 bits per heavy atom. The first-order valence-corrected chi connectivity index (χ1v) is 7.24. The van der Waals surface area contributed by atoms with E-state index in [1.165, 1.54) is 4.90 Å². The molecule has 0 bridgehead atoms. The van der Waals surface area contributed by atoms with Crippen molar-refractivity contribution in [2.75, 3.05) is 6.54 Å². The molecule has 1 aromatic carbocycles. The number of para-hydroxylation sites is 1. The minimum Gasteiger partial charge on any atom is -0.480 e. The monoisotopic (exact) mass is 341 g/mol. The Hall–Kier alpha value is -1.56. The number of carbonyl (C=O) groups is 2. The van der Waals surface area contributed by atoms with Gasteiger partial charge in [0.1, 0.15) is 11.8 Å². The Morgan fingerprint density at radius 1 is 1.45 bits per heavy atom. The van der Waals surface area contributed by atoms with Gasteiger partial charge in [0.25, 0.3) is 5.91 Å². The number of carboxylic acids is 1. The van der Waals surface area contributed by atoms with Crippen LogP contribution in [-0.2, 0) is 9.59 Å². The molecule has 0 saturated carbocycles. The highest BCUT2D eigenvalue weighted by molar-refractivity contribution is 9.10. The smallest absolute Gasteiger partial charge is 0.326 e. The molecule has 1 saturated heterocycles. The van der Waals surface area contributed by atoms with Gasteiger partial charge in [0.2, 0.25) is 0 Å². The average molecular weight is 342 g/mol. The Labute approximate surface area is 125 Å². The number of halogens is 1. The molecule has 2 rings (SSSR count). The Kier molecular flexibility index (Phi) is 4.65. The normalized spacial score (nSPS) is 19.7. The van der Waals surface area contributed by atoms with Crippen molar-refractivity contribution in [1.29, 1.82) is 0 Å². The van der Waals surface area contributed by atoms with Crippen LogP contribution in [-0.4, -0.2) is 40.6 Å². The maximum Gasteiger partial charge on any atom is 0.326 e. The number of hydrogen-bond donors (Lipinski definition) is 1. The third kappa shape index (κ3) is 3.12. The lowest BCUT2D eigenvalue weighted by atomic mass is 10.2. The summed E-state index contributed by atoms with van der Waals surface area (Å²) in [5.41, 5.74) is 0. The number of nitrogens with zero attached hydrogens (tertiary/aromatic N) is 1. The number of hydrogen-bond acceptors (Lipinski definition) is 3. The molecule has 0 radical (unpaired) electrons. The molecule has 108 valence electrons. The molecule has 1 amide bonds. The van der Waals surface area contributed by atoms with Gasteiger partial charge in [-0.1, -0.05) is 12.1 Å². The largest absolute Gasteiger partial charge is 0.480 e. The van der Waals surface area contributed by atoms with Crippen molar-refractivity contribution in [2.45, 2.75) is 31.9 Å². The standard InChI is InChI=1S/C14H16BrNO4/c1-9(20-12-7-3-2-5-10(12)15)13(17)16-8-4-6-11(16)14(18)19/h2-3,5,7,9,11H,4,6,8H2,1H3,(H,18,19)/t9?,11-/m1/s1. The summed E-state index contributed by atoms with van der Waals surface area (Å²) in [7, 11) is 0. The highest BCUT2D eigenvalue weighted by Gasteiger charge is 2.36. The number of amides is 1. The minimum atomic E-state index is -0.955. The fourth-order valence-corrected chi connectivity index (χ4v) is 2.68. The number of likely N-dealkylation sites (tertiary alicyclic amines) is 1. The first kappa shape index (κ1) is 14.8. The quantitative estimate of drug-likeness (QED) is 0.912. The van der Waals surface area contributed by atoms with E-state index in [2.05, 4.69) is 15.9 Å². The second kappa shape index (κ2) is 6.26. The molecule has 0 aliphatic carbocycles. The van der Waals surface area contributed by atoms with Gasteiger partial charge in [-0.05, 0) is 47.8 Å². The number of benzene rings is 1. The van der Waals surface area contributed by atoms with Crippen LogP contribution in [0.15, 0.2) is 28.7 Å². The van der Waals surface area contributed by atoms with Crippen molar-refractivity contribution in [2.24, 2.45) is 0 Å². The lowest BCUT2D eigenvalue weighted by Gasteiger charge is -2.25. The van der Waals surface area contributed by atoms with Crippen LogP contribution in [0.1, 0.15) is 19.8 Å². The number of ether oxygens (including phenoxy) is 1. The molecular weight excluding hydrogens is 326 g/mol. The first-order chi connectivity index (χ1) is 9.50. The van der Waals surface area contributed by atoms with E-state index in [0.29, 0.717) is 25.1 Å². The summed E-state index contributed by atoms with van der Waals surface area (Å²) in [6.07, 6.45) is 0.501. The van der Waals surface area contributed by atoms with Crippen molar-refractivity contribution in [1.82, 2.24) is 4.90 Å². The van der Waals surface area contributed by atoms with Crippen molar-refractivity contribution >= 4 is 27.8 Å². The van der Waals surface area contributed by atoms with Crippen LogP contribution in [0.3, 0.4) is 0 Å². The molecule has 1 aliphatic rings. The molecule has 6 heteroatoms. The number of carboxylic acid groups (broad SMARTS) is 1. The second-order valence-corrected chi connectivity index (χ2v) is 5.57. The predicted molar refractivity (Wildman–Crippen MR) is 76.6 cm³/mol. The van der Waals surface area contributed by atoms with E-state index < -0.39 is 18.1 Å². The molecule has 1 aliphatic heterocycles. The zero-order chi connectivity index (χ0) is 14.7. The van der Waals surface area contributed by atoms with Crippen LogP contribution < -0.4 is 4.74 Å². The van der Waals surface area contributed by atoms with Crippen molar-refractivity contribution in [3.63, 3.8) is 0 Å². The van der Waals surface area contributed by atoms with E-state index in [0.717, 1.165) is 4.47 Å². The molecule has 2 atom stereocenters. The van der Waals surface area contributed by atoms with E-state index in [4.69, 9.17) is 9.84 Å². The van der Waals surface area contributed by atoms with E-state index in [-0.39, 0.29) is 5.91 Å². The zero-order valence-electron chi connectivity index (χ0n) is 11.1. The van der Waals surface area contributed by atoms with Crippen LogP contribution in [0.2, 0.25) is 0 Å². The summed E-state index contributed by atoms with van der Waals surface area (Å²) in [6, 6.07) is 6.51. The van der Waals surface area contributed by atoms with Crippen LogP contribution in [0.25, 0.3) is 0 Å². The molecule has 1 aromatic rings. The molecule has 20 heavy (non-hydrogen) atoms. The first-order valence-electron chi connectivity index (χ1n) is 6.45. The van der Waals surface area contributed by atoms with Gasteiger partial charge in [-0.3, -0.25) is 4.79 Å². The fraction of sp³-hybridized carbons (Fsp3) is 0.429. The maximum atomic E-state index is 12.3. The topological polar surface area (TPSA) is 66.8 Å². The Balaban J connectivity index is 2.05. The molecular formula is C14H16BrNO4. The van der Waals surface area contributed by atoms with E-state index >= 15 is 0 Å². The number of aliphatic carboxylic acids is 1. The molecule has 0 aromatic heterocycles. The van der Waals surface area contributed by atoms with Crippen LogP contribution >= 0.6 is 15.9 Å². The maximum absolute atomic E-state index is 12.3. The summed E-state index contributed by atoms with van der Waals surface area (Å²) in [4.78, 5) is 24.8. The fourth-order valence-electron chi connectivity index (χ4n) is 2.30. The molecule has 0 spiro atoms. The van der Waals surface area contributed by atoms with Crippen molar-refractivity contribution in [3.8, 4) is 5.75 Å². The second-order valence-electron chi connectivity index (χ2n) is 4.72.